The molecule has 2 aromatic heterocycles. The summed E-state index contributed by atoms with van der Waals surface area (Å²) in [4.78, 5) is 13.1. The highest BCUT2D eigenvalue weighted by atomic mass is 32.2. The van der Waals surface area contributed by atoms with Crippen LogP contribution in [-0.2, 0) is 21.9 Å². The topological polar surface area (TPSA) is 81.1 Å². The number of rotatable bonds is 4. The lowest BCUT2D eigenvalue weighted by molar-refractivity contribution is -0.120. The minimum absolute atomic E-state index is 0.0505. The number of nitrogens with one attached hydrogen (secondary N) is 1. The van der Waals surface area contributed by atoms with Crippen molar-refractivity contribution in [2.45, 2.75) is 30.4 Å². The largest absolute Gasteiger partial charge is 0.274 e. The third-order valence-corrected chi connectivity index (χ3v) is 6.98. The summed E-state index contributed by atoms with van der Waals surface area (Å²) in [6.45, 7) is 3.71. The minimum atomic E-state index is -3.77. The molecule has 0 radical (unpaired) electrons. The van der Waals surface area contributed by atoms with Gasteiger partial charge in [0.2, 0.25) is 5.91 Å². The van der Waals surface area contributed by atoms with Crippen molar-refractivity contribution in [3.63, 3.8) is 0 Å². The zero-order valence-corrected chi connectivity index (χ0v) is 14.2. The average molecular weight is 339 g/mol. The second-order valence-corrected chi connectivity index (χ2v) is 8.77. The van der Waals surface area contributed by atoms with Crippen molar-refractivity contribution >= 4 is 27.3 Å². The van der Waals surface area contributed by atoms with Crippen molar-refractivity contribution < 1.29 is 13.2 Å². The van der Waals surface area contributed by atoms with Crippen LogP contribution < -0.4 is 4.72 Å². The van der Waals surface area contributed by atoms with Crippen LogP contribution in [0.5, 0.6) is 0 Å². The van der Waals surface area contributed by atoms with Crippen LogP contribution in [0, 0.1) is 19.8 Å². The van der Waals surface area contributed by atoms with Crippen molar-refractivity contribution in [2.75, 3.05) is 0 Å². The molecule has 0 saturated heterocycles. The normalized spacial score (nSPS) is 20.9. The molecule has 3 rings (SSSR count). The van der Waals surface area contributed by atoms with E-state index in [1.807, 2.05) is 27.0 Å². The van der Waals surface area contributed by atoms with E-state index in [-0.39, 0.29) is 16.0 Å². The fourth-order valence-electron chi connectivity index (χ4n) is 2.49. The first-order valence-electron chi connectivity index (χ1n) is 6.91. The molecule has 0 aromatic carbocycles. The van der Waals surface area contributed by atoms with Crippen LogP contribution in [0.2, 0.25) is 0 Å². The Balaban J connectivity index is 1.71. The lowest BCUT2D eigenvalue weighted by Crippen LogP contribution is -2.31. The highest BCUT2D eigenvalue weighted by Gasteiger charge is 2.46. The number of carbonyl (C=O) groups is 1. The smallest absolute Gasteiger partial charge is 0.273 e. The molecule has 8 heteroatoms. The number of carbonyl (C=O) groups excluding carboxylic acids is 1. The van der Waals surface area contributed by atoms with Gasteiger partial charge in [-0.05, 0) is 38.0 Å². The maximum Gasteiger partial charge on any atom is 0.273 e. The van der Waals surface area contributed by atoms with Gasteiger partial charge in [-0.15, -0.1) is 11.3 Å². The molecule has 2 heterocycles. The number of hydrogen-bond donors (Lipinski definition) is 1. The molecule has 0 unspecified atom stereocenters. The molecule has 1 amide bonds. The number of nitrogens with zero attached hydrogens (tertiary/aromatic N) is 2. The number of aryl methyl sites for hydroxylation is 3. The van der Waals surface area contributed by atoms with Crippen LogP contribution in [0.25, 0.3) is 0 Å². The molecular weight excluding hydrogens is 322 g/mol. The lowest BCUT2D eigenvalue weighted by atomic mass is 10.2. The van der Waals surface area contributed by atoms with Gasteiger partial charge in [-0.2, -0.15) is 5.10 Å². The number of hydrogen-bond acceptors (Lipinski definition) is 5. The van der Waals surface area contributed by atoms with Gasteiger partial charge in [-0.25, -0.2) is 13.1 Å². The maximum absolute atomic E-state index is 12.3. The van der Waals surface area contributed by atoms with Crippen molar-refractivity contribution in [1.82, 2.24) is 14.5 Å². The van der Waals surface area contributed by atoms with Gasteiger partial charge in [-0.3, -0.25) is 9.48 Å². The number of amides is 1. The first kappa shape index (κ1) is 15.2. The molecule has 6 nitrogen and oxygen atoms in total. The van der Waals surface area contributed by atoms with E-state index in [4.69, 9.17) is 0 Å². The molecular formula is C14H17N3O3S2. The van der Waals surface area contributed by atoms with Gasteiger partial charge in [0, 0.05) is 35.7 Å². The van der Waals surface area contributed by atoms with Crippen LogP contribution in [0.4, 0.5) is 0 Å². The van der Waals surface area contributed by atoms with Gasteiger partial charge in [0.15, 0.2) is 0 Å². The summed E-state index contributed by atoms with van der Waals surface area (Å²) in [6, 6.07) is 3.46. The quantitative estimate of drug-likeness (QED) is 0.919. The average Bonchev–Trinajstić information content (AvgIpc) is 3.00. The van der Waals surface area contributed by atoms with E-state index in [1.165, 1.54) is 11.3 Å². The Morgan fingerprint density at radius 1 is 1.45 bits per heavy atom. The molecule has 1 aliphatic rings. The molecule has 0 spiro atoms. The molecule has 1 fully saturated rings. The molecule has 22 heavy (non-hydrogen) atoms. The fourth-order valence-corrected chi connectivity index (χ4v) is 5.03. The molecule has 1 aliphatic carbocycles. The number of sulfonamides is 1. The SMILES string of the molecule is Cc1cc(S(=O)(=O)NC(=O)[C@@H]2C[C@H]2c2ccnn2C)sc1C. The molecule has 118 valence electrons. The summed E-state index contributed by atoms with van der Waals surface area (Å²) in [5.74, 6) is -0.684. The van der Waals surface area contributed by atoms with Crippen LogP contribution in [0.1, 0.15) is 28.5 Å². The van der Waals surface area contributed by atoms with Crippen LogP contribution >= 0.6 is 11.3 Å². The van der Waals surface area contributed by atoms with E-state index < -0.39 is 15.9 Å². The summed E-state index contributed by atoms with van der Waals surface area (Å²) in [5.41, 5.74) is 1.87. The van der Waals surface area contributed by atoms with Crippen molar-refractivity contribution in [3.8, 4) is 0 Å². The van der Waals surface area contributed by atoms with Gasteiger partial charge in [-0.1, -0.05) is 0 Å². The summed E-state index contributed by atoms with van der Waals surface area (Å²) < 4.78 is 28.6. The van der Waals surface area contributed by atoms with Crippen molar-refractivity contribution in [3.05, 3.63) is 34.5 Å². The van der Waals surface area contributed by atoms with Crippen LogP contribution in [-0.4, -0.2) is 24.1 Å². The van der Waals surface area contributed by atoms with Crippen LogP contribution in [0.3, 0.4) is 0 Å². The van der Waals surface area contributed by atoms with E-state index in [2.05, 4.69) is 9.82 Å². The zero-order chi connectivity index (χ0) is 16.1. The lowest BCUT2D eigenvalue weighted by Gasteiger charge is -2.05. The Labute approximate surface area is 133 Å². The molecule has 1 N–H and O–H groups in total. The van der Waals surface area contributed by atoms with Crippen molar-refractivity contribution in [2.24, 2.45) is 13.0 Å². The zero-order valence-electron chi connectivity index (χ0n) is 12.5. The predicted molar refractivity (Wildman–Crippen MR) is 83.2 cm³/mol. The minimum Gasteiger partial charge on any atom is -0.274 e. The Bertz CT molecular complexity index is 816. The first-order chi connectivity index (χ1) is 10.3. The summed E-state index contributed by atoms with van der Waals surface area (Å²) in [7, 11) is -1.96. The molecule has 0 bridgehead atoms. The highest BCUT2D eigenvalue weighted by Crippen LogP contribution is 2.47. The van der Waals surface area contributed by atoms with E-state index in [1.54, 1.807) is 16.9 Å². The third-order valence-electron chi connectivity index (χ3n) is 4.01. The maximum atomic E-state index is 12.3. The Hall–Kier alpha value is -1.67. The predicted octanol–water partition coefficient (Wildman–Crippen LogP) is 1.71. The fraction of sp³-hybridized carbons (Fsp3) is 0.429. The number of aromatic nitrogens is 2. The standard InChI is InChI=1S/C14H17N3O3S2/c1-8-6-13(21-9(8)2)22(19,20)16-14(18)11-7-10(11)12-4-5-15-17(12)3/h4-6,10-11H,7H2,1-3H3,(H,16,18)/t10-,11-/m1/s1. The van der Waals surface area contributed by atoms with Gasteiger partial charge in [0.25, 0.3) is 10.0 Å². The second-order valence-electron chi connectivity index (χ2n) is 5.60. The summed E-state index contributed by atoms with van der Waals surface area (Å²) in [5, 5.41) is 4.07. The van der Waals surface area contributed by atoms with E-state index in [9.17, 15) is 13.2 Å². The monoisotopic (exact) mass is 339 g/mol. The van der Waals surface area contributed by atoms with E-state index in [0.717, 1.165) is 16.1 Å². The molecule has 2 atom stereocenters. The third kappa shape index (κ3) is 2.68. The second kappa shape index (κ2) is 5.20. The van der Waals surface area contributed by atoms with E-state index in [0.29, 0.717) is 6.42 Å². The van der Waals surface area contributed by atoms with Crippen LogP contribution in [0.15, 0.2) is 22.5 Å². The summed E-state index contributed by atoms with van der Waals surface area (Å²) >= 11 is 1.18. The summed E-state index contributed by atoms with van der Waals surface area (Å²) in [6.07, 6.45) is 2.33. The number of thiophene rings is 1. The van der Waals surface area contributed by atoms with Crippen molar-refractivity contribution in [1.29, 1.82) is 0 Å². The Kier molecular flexibility index (Phi) is 3.60. The van der Waals surface area contributed by atoms with Gasteiger partial charge < -0.3 is 0 Å². The first-order valence-corrected chi connectivity index (χ1v) is 9.21. The van der Waals surface area contributed by atoms with Gasteiger partial charge in [0.1, 0.15) is 4.21 Å². The van der Waals surface area contributed by atoms with Gasteiger partial charge >= 0.3 is 0 Å². The molecule has 0 aliphatic heterocycles. The van der Waals surface area contributed by atoms with E-state index >= 15 is 0 Å². The Morgan fingerprint density at radius 2 is 2.18 bits per heavy atom. The van der Waals surface area contributed by atoms with Gasteiger partial charge in [0.05, 0.1) is 0 Å². The molecule has 1 saturated carbocycles. The highest BCUT2D eigenvalue weighted by molar-refractivity contribution is 7.92. The molecule has 2 aromatic rings. The Morgan fingerprint density at radius 3 is 2.73 bits per heavy atom.